The number of hydrogen-bond donors (Lipinski definition) is 0. The van der Waals surface area contributed by atoms with Crippen LogP contribution in [0.25, 0.3) is 0 Å². The van der Waals surface area contributed by atoms with Gasteiger partial charge in [0.15, 0.2) is 0 Å². The second-order valence-corrected chi connectivity index (χ2v) is 2.11. The maximum Gasteiger partial charge on any atom is 0.122 e. The Bertz CT molecular complexity index is 242. The van der Waals surface area contributed by atoms with Crippen LogP contribution in [0.2, 0.25) is 0 Å². The van der Waals surface area contributed by atoms with Gasteiger partial charge in [0.05, 0.1) is 0 Å². The van der Waals surface area contributed by atoms with Crippen molar-refractivity contribution in [2.45, 2.75) is 6.92 Å². The molecule has 0 atom stereocenters. The highest BCUT2D eigenvalue weighted by Crippen LogP contribution is 2.00. The Labute approximate surface area is 73.1 Å². The zero-order chi connectivity index (χ0) is 9.40. The fourth-order valence-electron chi connectivity index (χ4n) is 0.601. The molecule has 0 fully saturated rings. The summed E-state index contributed by atoms with van der Waals surface area (Å²) < 4.78 is 12.4. The average molecular weight is 164 g/mol. The number of halogens is 1. The van der Waals surface area contributed by atoms with Gasteiger partial charge >= 0.3 is 0 Å². The smallest absolute Gasteiger partial charge is 0.122 e. The molecule has 0 nitrogen and oxygen atoms in total. The minimum atomic E-state index is -0.342. The zero-order valence-electron chi connectivity index (χ0n) is 7.26. The quantitative estimate of drug-likeness (QED) is 0.555. The third-order valence-corrected chi connectivity index (χ3v) is 1.31. The van der Waals surface area contributed by atoms with Gasteiger partial charge in [0.1, 0.15) is 5.83 Å². The number of allylic oxidation sites excluding steroid dienone is 8. The lowest BCUT2D eigenvalue weighted by atomic mass is 10.2. The highest BCUT2D eigenvalue weighted by atomic mass is 19.1. The number of hydrogen-bond acceptors (Lipinski definition) is 0. The molecule has 0 spiro atoms. The van der Waals surface area contributed by atoms with E-state index in [4.69, 9.17) is 0 Å². The molecule has 1 heteroatoms. The lowest BCUT2D eigenvalue weighted by Gasteiger charge is -1.87. The van der Waals surface area contributed by atoms with Gasteiger partial charge in [0.2, 0.25) is 0 Å². The minimum Gasteiger partial charge on any atom is -0.207 e. The molecule has 0 radical (unpaired) electrons. The van der Waals surface area contributed by atoms with Crippen LogP contribution >= 0.6 is 0 Å². The van der Waals surface area contributed by atoms with E-state index in [0.717, 1.165) is 11.6 Å². The Kier molecular flexibility index (Phi) is 5.62. The molecule has 0 aliphatic carbocycles. The van der Waals surface area contributed by atoms with Crippen molar-refractivity contribution in [1.82, 2.24) is 0 Å². The van der Waals surface area contributed by atoms with Crippen LogP contribution in [0, 0.1) is 0 Å². The molecular weight excluding hydrogens is 151 g/mol. The van der Waals surface area contributed by atoms with Gasteiger partial charge in [-0.25, -0.2) is 4.39 Å². The maximum atomic E-state index is 12.4. The SMILES string of the molecule is C=C\C(F)=C/C=C/C(C=C)=C/C. The Hall–Kier alpha value is -1.37. The summed E-state index contributed by atoms with van der Waals surface area (Å²) in [7, 11) is 0. The monoisotopic (exact) mass is 164 g/mol. The Morgan fingerprint density at radius 3 is 2.33 bits per heavy atom. The molecule has 0 amide bonds. The van der Waals surface area contributed by atoms with Gasteiger partial charge in [-0.15, -0.1) is 0 Å². The summed E-state index contributed by atoms with van der Waals surface area (Å²) in [6.07, 6.45) is 9.50. The summed E-state index contributed by atoms with van der Waals surface area (Å²) in [5.74, 6) is -0.342. The van der Waals surface area contributed by atoms with Gasteiger partial charge in [0, 0.05) is 0 Å². The Morgan fingerprint density at radius 1 is 1.25 bits per heavy atom. The minimum absolute atomic E-state index is 0.342. The van der Waals surface area contributed by atoms with Gasteiger partial charge in [-0.05, 0) is 24.6 Å². The normalized spacial score (nSPS) is 13.5. The van der Waals surface area contributed by atoms with Crippen LogP contribution in [0.15, 0.2) is 61.0 Å². The summed E-state index contributed by atoms with van der Waals surface area (Å²) in [5.41, 5.74) is 0.961. The van der Waals surface area contributed by atoms with E-state index in [2.05, 4.69) is 13.2 Å². The fraction of sp³-hybridized carbons (Fsp3) is 0.0909. The molecule has 0 saturated carbocycles. The first-order valence-electron chi connectivity index (χ1n) is 3.69. The van der Waals surface area contributed by atoms with E-state index < -0.39 is 0 Å². The lowest BCUT2D eigenvalue weighted by molar-refractivity contribution is 0.668. The van der Waals surface area contributed by atoms with E-state index in [1.165, 1.54) is 6.08 Å². The Morgan fingerprint density at radius 2 is 1.92 bits per heavy atom. The van der Waals surface area contributed by atoms with Gasteiger partial charge in [-0.2, -0.15) is 0 Å². The summed E-state index contributed by atoms with van der Waals surface area (Å²) in [5, 5.41) is 0. The van der Waals surface area contributed by atoms with Gasteiger partial charge in [0.25, 0.3) is 0 Å². The summed E-state index contributed by atoms with van der Waals surface area (Å²) in [4.78, 5) is 0. The highest BCUT2D eigenvalue weighted by molar-refractivity contribution is 5.31. The Balaban J connectivity index is 4.25. The molecular formula is C11H13F. The van der Waals surface area contributed by atoms with E-state index >= 15 is 0 Å². The first kappa shape index (κ1) is 10.6. The summed E-state index contributed by atoms with van der Waals surface area (Å²) >= 11 is 0. The molecule has 0 aromatic carbocycles. The van der Waals surface area contributed by atoms with Crippen molar-refractivity contribution >= 4 is 0 Å². The topological polar surface area (TPSA) is 0 Å². The van der Waals surface area contributed by atoms with Crippen LogP contribution < -0.4 is 0 Å². The predicted molar refractivity (Wildman–Crippen MR) is 52.5 cm³/mol. The molecule has 0 rings (SSSR count). The molecule has 12 heavy (non-hydrogen) atoms. The van der Waals surface area contributed by atoms with E-state index in [0.29, 0.717) is 0 Å². The molecule has 0 unspecified atom stereocenters. The zero-order valence-corrected chi connectivity index (χ0v) is 7.26. The average Bonchev–Trinajstić information content (AvgIpc) is 2.12. The van der Waals surface area contributed by atoms with Crippen LogP contribution in [0.1, 0.15) is 6.92 Å². The van der Waals surface area contributed by atoms with Crippen molar-refractivity contribution in [3.63, 3.8) is 0 Å². The van der Waals surface area contributed by atoms with E-state index in [1.807, 2.05) is 13.0 Å². The molecule has 0 heterocycles. The molecule has 0 N–H and O–H groups in total. The molecule has 0 aromatic heterocycles. The van der Waals surface area contributed by atoms with Crippen molar-refractivity contribution in [3.8, 4) is 0 Å². The van der Waals surface area contributed by atoms with Crippen LogP contribution in [0.5, 0.6) is 0 Å². The maximum absolute atomic E-state index is 12.4. The van der Waals surface area contributed by atoms with Gasteiger partial charge in [-0.1, -0.05) is 37.5 Å². The van der Waals surface area contributed by atoms with Crippen molar-refractivity contribution in [2.75, 3.05) is 0 Å². The van der Waals surface area contributed by atoms with Crippen molar-refractivity contribution in [3.05, 3.63) is 61.0 Å². The number of rotatable bonds is 4. The van der Waals surface area contributed by atoms with E-state index in [1.54, 1.807) is 18.2 Å². The van der Waals surface area contributed by atoms with Crippen LogP contribution in [0.3, 0.4) is 0 Å². The van der Waals surface area contributed by atoms with Crippen molar-refractivity contribution in [1.29, 1.82) is 0 Å². The second kappa shape index (κ2) is 6.35. The third-order valence-electron chi connectivity index (χ3n) is 1.31. The first-order chi connectivity index (χ1) is 5.74. The van der Waals surface area contributed by atoms with Gasteiger partial charge < -0.3 is 0 Å². The standard InChI is InChI=1S/C11H13F/c1-4-10(5-2)8-7-9-11(12)6-3/h4-9H,1,3H2,2H3/b8-7+,10-5+,11-9+. The highest BCUT2D eigenvalue weighted by Gasteiger charge is 1.81. The van der Waals surface area contributed by atoms with E-state index in [-0.39, 0.29) is 5.83 Å². The van der Waals surface area contributed by atoms with Crippen molar-refractivity contribution in [2.24, 2.45) is 0 Å². The first-order valence-corrected chi connectivity index (χ1v) is 3.69. The third kappa shape index (κ3) is 4.45. The predicted octanol–water partition coefficient (Wildman–Crippen LogP) is 3.71. The molecule has 0 aromatic rings. The molecule has 0 aliphatic heterocycles. The molecule has 0 bridgehead atoms. The van der Waals surface area contributed by atoms with Crippen LogP contribution in [0.4, 0.5) is 4.39 Å². The summed E-state index contributed by atoms with van der Waals surface area (Å²) in [6.45, 7) is 8.78. The molecule has 64 valence electrons. The largest absolute Gasteiger partial charge is 0.207 e. The summed E-state index contributed by atoms with van der Waals surface area (Å²) in [6, 6.07) is 0. The lowest BCUT2D eigenvalue weighted by Crippen LogP contribution is -1.67. The molecule has 0 aliphatic rings. The fourth-order valence-corrected chi connectivity index (χ4v) is 0.601. The van der Waals surface area contributed by atoms with E-state index in [9.17, 15) is 4.39 Å². The van der Waals surface area contributed by atoms with Gasteiger partial charge in [-0.3, -0.25) is 0 Å². The van der Waals surface area contributed by atoms with Crippen molar-refractivity contribution < 1.29 is 4.39 Å². The second-order valence-electron chi connectivity index (χ2n) is 2.11. The molecule has 0 saturated heterocycles. The van der Waals surface area contributed by atoms with Crippen LogP contribution in [-0.2, 0) is 0 Å². The van der Waals surface area contributed by atoms with Crippen LogP contribution in [-0.4, -0.2) is 0 Å².